The molecule has 5 nitrogen and oxygen atoms in total. The number of carbonyl (C=O) groups is 1. The van der Waals surface area contributed by atoms with Crippen LogP contribution in [0.1, 0.15) is 28.7 Å². The van der Waals surface area contributed by atoms with E-state index in [1.807, 2.05) is 54.6 Å². The third-order valence-corrected chi connectivity index (χ3v) is 3.58. The van der Waals surface area contributed by atoms with Gasteiger partial charge >= 0.3 is 0 Å². The van der Waals surface area contributed by atoms with Crippen molar-refractivity contribution in [3.05, 3.63) is 71.5 Å². The van der Waals surface area contributed by atoms with Gasteiger partial charge in [-0.25, -0.2) is 0 Å². The molecule has 3 rings (SSSR count). The van der Waals surface area contributed by atoms with Crippen molar-refractivity contribution < 1.29 is 4.79 Å². The van der Waals surface area contributed by atoms with Gasteiger partial charge in [-0.05, 0) is 43.2 Å². The minimum absolute atomic E-state index is 0.252. The van der Waals surface area contributed by atoms with Crippen LogP contribution in [0, 0.1) is 6.92 Å². The highest BCUT2D eigenvalue weighted by atomic mass is 16.2. The maximum absolute atomic E-state index is 12.5. The van der Waals surface area contributed by atoms with E-state index in [1.165, 1.54) is 10.4 Å². The van der Waals surface area contributed by atoms with Crippen LogP contribution >= 0.6 is 0 Å². The van der Waals surface area contributed by atoms with Gasteiger partial charge in [0, 0.05) is 5.69 Å². The van der Waals surface area contributed by atoms with Crippen LogP contribution in [-0.4, -0.2) is 20.9 Å². The standard InChI is InChI=1S/C18H18N4O/c1-3-14-8-7-9-15(12-14)19-18(23)17-13(2)20-22(21-17)16-10-5-4-6-11-16/h4-12H,3H2,1-2H3,(H,19,23). The highest BCUT2D eigenvalue weighted by Gasteiger charge is 2.16. The monoisotopic (exact) mass is 306 g/mol. The quantitative estimate of drug-likeness (QED) is 0.803. The smallest absolute Gasteiger partial charge is 0.278 e. The van der Waals surface area contributed by atoms with Gasteiger partial charge in [0.05, 0.1) is 11.4 Å². The molecule has 0 spiro atoms. The first-order valence-corrected chi connectivity index (χ1v) is 7.57. The van der Waals surface area contributed by atoms with Gasteiger partial charge in [0.1, 0.15) is 0 Å². The number of anilines is 1. The van der Waals surface area contributed by atoms with Crippen LogP contribution in [0.4, 0.5) is 5.69 Å². The van der Waals surface area contributed by atoms with Gasteiger partial charge in [-0.1, -0.05) is 37.3 Å². The van der Waals surface area contributed by atoms with Crippen molar-refractivity contribution in [1.29, 1.82) is 0 Å². The molecule has 1 heterocycles. The molecule has 5 heteroatoms. The number of para-hydroxylation sites is 1. The highest BCUT2D eigenvalue weighted by Crippen LogP contribution is 2.14. The Hall–Kier alpha value is -2.95. The normalized spacial score (nSPS) is 10.5. The van der Waals surface area contributed by atoms with Crippen molar-refractivity contribution in [3.63, 3.8) is 0 Å². The lowest BCUT2D eigenvalue weighted by molar-refractivity contribution is 0.102. The molecule has 0 aliphatic heterocycles. The second kappa shape index (κ2) is 6.44. The Labute approximate surface area is 135 Å². The number of nitrogens with one attached hydrogen (secondary N) is 1. The summed E-state index contributed by atoms with van der Waals surface area (Å²) in [7, 11) is 0. The average molecular weight is 306 g/mol. The molecule has 0 atom stereocenters. The van der Waals surface area contributed by atoms with Gasteiger partial charge in [-0.15, -0.1) is 5.10 Å². The number of aryl methyl sites for hydroxylation is 2. The van der Waals surface area contributed by atoms with Crippen molar-refractivity contribution in [2.75, 3.05) is 5.32 Å². The SMILES string of the molecule is CCc1cccc(NC(=O)c2nn(-c3ccccc3)nc2C)c1. The molecule has 0 unspecified atom stereocenters. The van der Waals surface area contributed by atoms with Gasteiger partial charge < -0.3 is 5.32 Å². The molecule has 0 fully saturated rings. The number of nitrogens with zero attached hydrogens (tertiary/aromatic N) is 3. The summed E-state index contributed by atoms with van der Waals surface area (Å²) >= 11 is 0. The molecule has 0 aliphatic carbocycles. The predicted molar refractivity (Wildman–Crippen MR) is 89.9 cm³/mol. The largest absolute Gasteiger partial charge is 0.321 e. The number of hydrogen-bond acceptors (Lipinski definition) is 3. The van der Waals surface area contributed by atoms with Crippen LogP contribution in [0.2, 0.25) is 0 Å². The Morgan fingerprint density at radius 2 is 1.87 bits per heavy atom. The third-order valence-electron chi connectivity index (χ3n) is 3.58. The Balaban J connectivity index is 1.84. The maximum atomic E-state index is 12.5. The fourth-order valence-electron chi connectivity index (χ4n) is 2.32. The zero-order valence-corrected chi connectivity index (χ0v) is 13.2. The summed E-state index contributed by atoms with van der Waals surface area (Å²) in [4.78, 5) is 13.9. The summed E-state index contributed by atoms with van der Waals surface area (Å²) in [6.45, 7) is 3.86. The van der Waals surface area contributed by atoms with Crippen molar-refractivity contribution in [2.45, 2.75) is 20.3 Å². The molecule has 1 amide bonds. The first-order valence-electron chi connectivity index (χ1n) is 7.57. The molecule has 3 aromatic rings. The Kier molecular flexibility index (Phi) is 4.19. The van der Waals surface area contributed by atoms with Gasteiger partial charge in [0.25, 0.3) is 5.91 Å². The van der Waals surface area contributed by atoms with Crippen molar-refractivity contribution in [2.24, 2.45) is 0 Å². The lowest BCUT2D eigenvalue weighted by Crippen LogP contribution is -2.14. The average Bonchev–Trinajstić information content (AvgIpc) is 2.98. The zero-order valence-electron chi connectivity index (χ0n) is 13.2. The predicted octanol–water partition coefficient (Wildman–Crippen LogP) is 3.39. The topological polar surface area (TPSA) is 59.8 Å². The van der Waals surface area contributed by atoms with Gasteiger partial charge in [0.2, 0.25) is 0 Å². The molecule has 2 aromatic carbocycles. The minimum atomic E-state index is -0.252. The molecular weight excluding hydrogens is 288 g/mol. The van der Waals surface area contributed by atoms with E-state index in [4.69, 9.17) is 0 Å². The minimum Gasteiger partial charge on any atom is -0.321 e. The van der Waals surface area contributed by atoms with E-state index < -0.39 is 0 Å². The summed E-state index contributed by atoms with van der Waals surface area (Å²) in [6.07, 6.45) is 0.924. The molecule has 0 radical (unpaired) electrons. The first kappa shape index (κ1) is 15.0. The first-order chi connectivity index (χ1) is 11.2. The van der Waals surface area contributed by atoms with Gasteiger partial charge in [-0.3, -0.25) is 4.79 Å². The zero-order chi connectivity index (χ0) is 16.2. The summed E-state index contributed by atoms with van der Waals surface area (Å²) in [5, 5.41) is 11.5. The number of rotatable bonds is 4. The second-order valence-corrected chi connectivity index (χ2v) is 5.27. The molecule has 0 saturated carbocycles. The molecule has 23 heavy (non-hydrogen) atoms. The van der Waals surface area contributed by atoms with Gasteiger partial charge in [0.15, 0.2) is 5.69 Å². The number of hydrogen-bond donors (Lipinski definition) is 1. The summed E-state index contributed by atoms with van der Waals surface area (Å²) < 4.78 is 0. The van der Waals surface area contributed by atoms with Crippen LogP contribution in [0.25, 0.3) is 5.69 Å². The van der Waals surface area contributed by atoms with E-state index in [2.05, 4.69) is 22.4 Å². The van der Waals surface area contributed by atoms with E-state index >= 15 is 0 Å². The van der Waals surface area contributed by atoms with Crippen molar-refractivity contribution in [1.82, 2.24) is 15.0 Å². The molecule has 0 aliphatic rings. The lowest BCUT2D eigenvalue weighted by atomic mass is 10.1. The van der Waals surface area contributed by atoms with E-state index in [0.29, 0.717) is 11.4 Å². The number of amides is 1. The Morgan fingerprint density at radius 1 is 1.09 bits per heavy atom. The van der Waals surface area contributed by atoms with Gasteiger partial charge in [-0.2, -0.15) is 9.90 Å². The van der Waals surface area contributed by atoms with E-state index in [1.54, 1.807) is 6.92 Å². The van der Waals surface area contributed by atoms with Crippen LogP contribution < -0.4 is 5.32 Å². The summed E-state index contributed by atoms with van der Waals surface area (Å²) in [5.41, 5.74) is 3.69. The Bertz CT molecular complexity index is 824. The number of benzene rings is 2. The van der Waals surface area contributed by atoms with Crippen LogP contribution in [0.3, 0.4) is 0 Å². The highest BCUT2D eigenvalue weighted by molar-refractivity contribution is 6.03. The molecule has 1 N–H and O–H groups in total. The molecular formula is C18H18N4O. The van der Waals surface area contributed by atoms with Crippen LogP contribution in [0.15, 0.2) is 54.6 Å². The number of carbonyl (C=O) groups excluding carboxylic acids is 1. The van der Waals surface area contributed by atoms with E-state index in [9.17, 15) is 4.79 Å². The second-order valence-electron chi connectivity index (χ2n) is 5.27. The molecule has 116 valence electrons. The Morgan fingerprint density at radius 3 is 2.61 bits per heavy atom. The van der Waals surface area contributed by atoms with Crippen molar-refractivity contribution in [3.8, 4) is 5.69 Å². The third kappa shape index (κ3) is 3.29. The lowest BCUT2D eigenvalue weighted by Gasteiger charge is -2.05. The molecule has 0 saturated heterocycles. The fourth-order valence-corrected chi connectivity index (χ4v) is 2.32. The summed E-state index contributed by atoms with van der Waals surface area (Å²) in [5.74, 6) is -0.252. The molecule has 0 bridgehead atoms. The van der Waals surface area contributed by atoms with Crippen LogP contribution in [0.5, 0.6) is 0 Å². The summed E-state index contributed by atoms with van der Waals surface area (Å²) in [6, 6.07) is 17.3. The molecule has 1 aromatic heterocycles. The fraction of sp³-hybridized carbons (Fsp3) is 0.167. The number of aromatic nitrogens is 3. The van der Waals surface area contributed by atoms with Crippen molar-refractivity contribution >= 4 is 11.6 Å². The van der Waals surface area contributed by atoms with E-state index in [0.717, 1.165) is 17.8 Å². The maximum Gasteiger partial charge on any atom is 0.278 e. The van der Waals surface area contributed by atoms with E-state index in [-0.39, 0.29) is 5.91 Å². The van der Waals surface area contributed by atoms with Crippen LogP contribution in [-0.2, 0) is 6.42 Å².